The SMILES string of the molecule is CC(C)CC(CN)NC(=O)CCc1nc(-c2ccncc2)no1. The third-order valence-corrected chi connectivity index (χ3v) is 3.38. The first-order valence-corrected chi connectivity index (χ1v) is 7.81. The molecule has 0 aliphatic carbocycles. The van der Waals surface area contributed by atoms with Crippen molar-refractivity contribution in [3.63, 3.8) is 0 Å². The van der Waals surface area contributed by atoms with E-state index in [-0.39, 0.29) is 11.9 Å². The third kappa shape index (κ3) is 5.45. The average molecular weight is 317 g/mol. The molecule has 3 N–H and O–H groups in total. The maximum Gasteiger partial charge on any atom is 0.227 e. The summed E-state index contributed by atoms with van der Waals surface area (Å²) in [7, 11) is 0. The molecule has 0 bridgehead atoms. The Balaban J connectivity index is 1.84. The number of nitrogens with two attached hydrogens (primary N) is 1. The smallest absolute Gasteiger partial charge is 0.227 e. The molecule has 0 spiro atoms. The monoisotopic (exact) mass is 317 g/mol. The summed E-state index contributed by atoms with van der Waals surface area (Å²) in [6.07, 6.45) is 4.91. The first-order valence-electron chi connectivity index (χ1n) is 7.81. The van der Waals surface area contributed by atoms with E-state index in [1.807, 2.05) is 0 Å². The Labute approximate surface area is 135 Å². The zero-order valence-electron chi connectivity index (χ0n) is 13.5. The van der Waals surface area contributed by atoms with Crippen LogP contribution in [0.3, 0.4) is 0 Å². The van der Waals surface area contributed by atoms with Crippen molar-refractivity contribution in [2.45, 2.75) is 39.2 Å². The van der Waals surface area contributed by atoms with Gasteiger partial charge in [0.25, 0.3) is 0 Å². The molecule has 0 fully saturated rings. The van der Waals surface area contributed by atoms with Gasteiger partial charge in [0.05, 0.1) is 0 Å². The van der Waals surface area contributed by atoms with Crippen LogP contribution in [0.5, 0.6) is 0 Å². The molecule has 1 amide bonds. The number of hydrogen-bond acceptors (Lipinski definition) is 6. The Morgan fingerprint density at radius 1 is 1.35 bits per heavy atom. The van der Waals surface area contributed by atoms with Crippen molar-refractivity contribution in [1.82, 2.24) is 20.4 Å². The fourth-order valence-corrected chi connectivity index (χ4v) is 2.28. The van der Waals surface area contributed by atoms with Crippen LogP contribution in [0.25, 0.3) is 11.4 Å². The van der Waals surface area contributed by atoms with Crippen LogP contribution < -0.4 is 11.1 Å². The molecule has 2 heterocycles. The number of nitrogens with one attached hydrogen (secondary N) is 1. The summed E-state index contributed by atoms with van der Waals surface area (Å²) in [5, 5.41) is 6.86. The molecule has 7 heteroatoms. The van der Waals surface area contributed by atoms with Crippen LogP contribution in [0, 0.1) is 5.92 Å². The number of pyridine rings is 1. The van der Waals surface area contributed by atoms with Crippen molar-refractivity contribution in [2.24, 2.45) is 11.7 Å². The first kappa shape index (κ1) is 17.1. The number of aromatic nitrogens is 3. The van der Waals surface area contributed by atoms with Gasteiger partial charge < -0.3 is 15.6 Å². The Morgan fingerprint density at radius 2 is 2.09 bits per heavy atom. The van der Waals surface area contributed by atoms with Crippen LogP contribution in [0.2, 0.25) is 0 Å². The van der Waals surface area contributed by atoms with Gasteiger partial charge in [-0.1, -0.05) is 19.0 Å². The van der Waals surface area contributed by atoms with Crippen molar-refractivity contribution in [3.05, 3.63) is 30.4 Å². The van der Waals surface area contributed by atoms with E-state index in [1.165, 1.54) is 0 Å². The van der Waals surface area contributed by atoms with Crippen LogP contribution in [-0.2, 0) is 11.2 Å². The summed E-state index contributed by atoms with van der Waals surface area (Å²) in [5.41, 5.74) is 6.52. The second-order valence-electron chi connectivity index (χ2n) is 5.88. The molecule has 2 rings (SSSR count). The zero-order valence-corrected chi connectivity index (χ0v) is 13.5. The number of rotatable bonds is 8. The second kappa shape index (κ2) is 8.38. The molecule has 0 saturated carbocycles. The van der Waals surface area contributed by atoms with Crippen molar-refractivity contribution in [3.8, 4) is 11.4 Å². The summed E-state index contributed by atoms with van der Waals surface area (Å²) in [4.78, 5) is 20.2. The first-order chi connectivity index (χ1) is 11.1. The molecule has 23 heavy (non-hydrogen) atoms. The average Bonchev–Trinajstić information content (AvgIpc) is 3.01. The van der Waals surface area contributed by atoms with E-state index in [4.69, 9.17) is 10.3 Å². The van der Waals surface area contributed by atoms with Gasteiger partial charge in [0, 0.05) is 43.4 Å². The topological polar surface area (TPSA) is 107 Å². The summed E-state index contributed by atoms with van der Waals surface area (Å²) >= 11 is 0. The van der Waals surface area contributed by atoms with Crippen molar-refractivity contribution in [2.75, 3.05) is 6.54 Å². The highest BCUT2D eigenvalue weighted by Gasteiger charge is 2.14. The molecule has 7 nitrogen and oxygen atoms in total. The molecule has 0 aliphatic heterocycles. The number of nitrogens with zero attached hydrogens (tertiary/aromatic N) is 3. The molecule has 0 saturated heterocycles. The minimum atomic E-state index is -0.0511. The van der Waals surface area contributed by atoms with Crippen LogP contribution in [0.15, 0.2) is 29.0 Å². The fourth-order valence-electron chi connectivity index (χ4n) is 2.28. The molecule has 1 atom stereocenters. The lowest BCUT2D eigenvalue weighted by molar-refractivity contribution is -0.121. The molecular weight excluding hydrogens is 294 g/mol. The van der Waals surface area contributed by atoms with Crippen molar-refractivity contribution >= 4 is 5.91 Å². The summed E-state index contributed by atoms with van der Waals surface area (Å²) in [6, 6.07) is 3.62. The summed E-state index contributed by atoms with van der Waals surface area (Å²) in [6.45, 7) is 4.65. The van der Waals surface area contributed by atoms with Crippen LogP contribution in [-0.4, -0.2) is 33.6 Å². The predicted octanol–water partition coefficient (Wildman–Crippen LogP) is 1.55. The van der Waals surface area contributed by atoms with E-state index < -0.39 is 0 Å². The number of amides is 1. The lowest BCUT2D eigenvalue weighted by Crippen LogP contribution is -2.41. The molecule has 1 unspecified atom stereocenters. The zero-order chi connectivity index (χ0) is 16.7. The van der Waals surface area contributed by atoms with E-state index in [0.29, 0.717) is 37.0 Å². The van der Waals surface area contributed by atoms with E-state index in [0.717, 1.165) is 12.0 Å². The Bertz CT molecular complexity index is 612. The van der Waals surface area contributed by atoms with Crippen LogP contribution >= 0.6 is 0 Å². The van der Waals surface area contributed by atoms with Gasteiger partial charge in [0.15, 0.2) is 0 Å². The molecular formula is C16H23N5O2. The lowest BCUT2D eigenvalue weighted by atomic mass is 10.0. The van der Waals surface area contributed by atoms with E-state index in [2.05, 4.69) is 34.3 Å². The largest absolute Gasteiger partial charge is 0.352 e. The second-order valence-corrected chi connectivity index (χ2v) is 5.88. The highest BCUT2D eigenvalue weighted by Crippen LogP contribution is 2.14. The minimum absolute atomic E-state index is 0.0116. The lowest BCUT2D eigenvalue weighted by Gasteiger charge is -2.18. The molecule has 0 radical (unpaired) electrons. The normalized spacial score (nSPS) is 12.3. The Hall–Kier alpha value is -2.28. The molecule has 2 aromatic heterocycles. The van der Waals surface area contributed by atoms with Crippen molar-refractivity contribution < 1.29 is 9.32 Å². The summed E-state index contributed by atoms with van der Waals surface area (Å²) in [5.74, 6) is 1.38. The number of hydrogen-bond donors (Lipinski definition) is 2. The highest BCUT2D eigenvalue weighted by molar-refractivity contribution is 5.76. The molecule has 124 valence electrons. The highest BCUT2D eigenvalue weighted by atomic mass is 16.5. The Kier molecular flexibility index (Phi) is 6.22. The van der Waals surface area contributed by atoms with Gasteiger partial charge in [-0.25, -0.2) is 0 Å². The molecule has 0 aromatic carbocycles. The van der Waals surface area contributed by atoms with Gasteiger partial charge in [0.1, 0.15) is 0 Å². The number of carbonyl (C=O) groups is 1. The maximum atomic E-state index is 12.0. The standard InChI is InChI=1S/C16H23N5O2/c1-11(2)9-13(10-17)19-14(22)3-4-15-20-16(21-23-15)12-5-7-18-8-6-12/h5-8,11,13H,3-4,9-10,17H2,1-2H3,(H,19,22). The van der Waals surface area contributed by atoms with Gasteiger partial charge in [-0.05, 0) is 24.5 Å². The predicted molar refractivity (Wildman–Crippen MR) is 86.3 cm³/mol. The number of carbonyl (C=O) groups excluding carboxylic acids is 1. The third-order valence-electron chi connectivity index (χ3n) is 3.38. The van der Waals surface area contributed by atoms with E-state index >= 15 is 0 Å². The Morgan fingerprint density at radius 3 is 2.74 bits per heavy atom. The van der Waals surface area contributed by atoms with Gasteiger partial charge in [-0.3, -0.25) is 9.78 Å². The molecule has 2 aromatic rings. The van der Waals surface area contributed by atoms with Gasteiger partial charge in [-0.2, -0.15) is 4.98 Å². The van der Waals surface area contributed by atoms with Crippen molar-refractivity contribution in [1.29, 1.82) is 0 Å². The quantitative estimate of drug-likeness (QED) is 0.765. The number of aryl methyl sites for hydroxylation is 1. The van der Waals surface area contributed by atoms with Gasteiger partial charge >= 0.3 is 0 Å². The van der Waals surface area contributed by atoms with E-state index in [9.17, 15) is 4.79 Å². The van der Waals surface area contributed by atoms with E-state index in [1.54, 1.807) is 24.5 Å². The molecule has 0 aliphatic rings. The van der Waals surface area contributed by atoms with Crippen LogP contribution in [0.1, 0.15) is 32.6 Å². The maximum absolute atomic E-state index is 12.0. The van der Waals surface area contributed by atoms with Gasteiger partial charge in [0.2, 0.25) is 17.6 Å². The fraction of sp³-hybridized carbons (Fsp3) is 0.500. The minimum Gasteiger partial charge on any atom is -0.352 e. The van der Waals surface area contributed by atoms with Crippen LogP contribution in [0.4, 0.5) is 0 Å². The van der Waals surface area contributed by atoms with Gasteiger partial charge in [-0.15, -0.1) is 0 Å². The summed E-state index contributed by atoms with van der Waals surface area (Å²) < 4.78 is 5.18.